The van der Waals surface area contributed by atoms with Crippen LogP contribution in [0.4, 0.5) is 4.39 Å². The molecule has 0 fully saturated rings. The van der Waals surface area contributed by atoms with E-state index in [9.17, 15) is 9.18 Å². The molecule has 0 saturated heterocycles. The van der Waals surface area contributed by atoms with Crippen LogP contribution in [0.15, 0.2) is 65.2 Å². The third-order valence-electron chi connectivity index (χ3n) is 5.79. The van der Waals surface area contributed by atoms with Crippen LogP contribution in [0.25, 0.3) is 33.7 Å². The maximum absolute atomic E-state index is 14.4. The second-order valence-electron chi connectivity index (χ2n) is 7.77. The first kappa shape index (κ1) is 22.4. The molecule has 0 aliphatic heterocycles. The van der Waals surface area contributed by atoms with Gasteiger partial charge in [-0.05, 0) is 59.9 Å². The van der Waals surface area contributed by atoms with Gasteiger partial charge in [0.05, 0.1) is 19.3 Å². The van der Waals surface area contributed by atoms with Crippen molar-refractivity contribution in [2.24, 2.45) is 0 Å². The number of esters is 1. The molecule has 4 rings (SSSR count). The van der Waals surface area contributed by atoms with Gasteiger partial charge in [-0.1, -0.05) is 41.6 Å². The lowest BCUT2D eigenvalue weighted by molar-refractivity contribution is 0.0595. The first-order valence-electron chi connectivity index (χ1n) is 10.5. The molecule has 1 aromatic heterocycles. The van der Waals surface area contributed by atoms with Crippen LogP contribution in [0.5, 0.6) is 0 Å². The molecule has 0 unspecified atom stereocenters. The Morgan fingerprint density at radius 1 is 0.970 bits per heavy atom. The van der Waals surface area contributed by atoms with Gasteiger partial charge in [-0.2, -0.15) is 0 Å². The van der Waals surface area contributed by atoms with Crippen molar-refractivity contribution in [3.05, 3.63) is 88.7 Å². The van der Waals surface area contributed by atoms with E-state index in [1.807, 2.05) is 25.1 Å². The average molecular weight is 445 g/mol. The molecule has 0 saturated carbocycles. The van der Waals surface area contributed by atoms with Crippen LogP contribution in [0, 0.1) is 19.7 Å². The number of nitrogens with zero attached hydrogens (tertiary/aromatic N) is 1. The molecular weight excluding hydrogens is 421 g/mol. The number of rotatable bonds is 6. The van der Waals surface area contributed by atoms with Gasteiger partial charge >= 0.3 is 5.97 Å². The summed E-state index contributed by atoms with van der Waals surface area (Å²) in [4.78, 5) is 11.7. The topological polar surface area (TPSA) is 61.6 Å². The van der Waals surface area contributed by atoms with Crippen LogP contribution in [-0.4, -0.2) is 25.3 Å². The fourth-order valence-electron chi connectivity index (χ4n) is 3.99. The molecule has 0 bridgehead atoms. The molecule has 33 heavy (non-hydrogen) atoms. The molecule has 5 nitrogen and oxygen atoms in total. The van der Waals surface area contributed by atoms with Crippen molar-refractivity contribution in [2.45, 2.75) is 20.5 Å². The van der Waals surface area contributed by atoms with E-state index in [4.69, 9.17) is 9.26 Å². The highest BCUT2D eigenvalue weighted by molar-refractivity contribution is 5.90. The molecule has 0 aliphatic rings. The molecule has 4 aromatic rings. The van der Waals surface area contributed by atoms with Gasteiger partial charge in [0.15, 0.2) is 5.76 Å². The van der Waals surface area contributed by atoms with Crippen molar-refractivity contribution >= 4 is 5.97 Å². The smallest absolute Gasteiger partial charge is 0.340 e. The number of carbonyl (C=O) groups excluding carboxylic acids is 1. The number of hydrogen-bond acceptors (Lipinski definition) is 5. The molecule has 0 spiro atoms. The number of hydrogen-bond donors (Lipinski definition) is 0. The highest BCUT2D eigenvalue weighted by atomic mass is 19.1. The summed E-state index contributed by atoms with van der Waals surface area (Å²) in [5.41, 5.74) is 7.14. The summed E-state index contributed by atoms with van der Waals surface area (Å²) in [5.74, 6) is -0.841. The highest BCUT2D eigenvalue weighted by Gasteiger charge is 2.20. The van der Waals surface area contributed by atoms with Gasteiger partial charge in [-0.25, -0.2) is 9.18 Å². The summed E-state index contributed by atoms with van der Waals surface area (Å²) in [6.07, 6.45) is 0. The van der Waals surface area contributed by atoms with Crippen molar-refractivity contribution in [1.29, 1.82) is 0 Å². The molecule has 3 aromatic carbocycles. The van der Waals surface area contributed by atoms with Crippen LogP contribution in [0.1, 0.15) is 27.0 Å². The van der Waals surface area contributed by atoms with Crippen LogP contribution in [0.2, 0.25) is 0 Å². The van der Waals surface area contributed by atoms with Crippen LogP contribution >= 0.6 is 0 Å². The number of aromatic nitrogens is 1. The number of methoxy groups -OCH3 is 2. The number of ether oxygens (including phenoxy) is 2. The largest absolute Gasteiger partial charge is 0.465 e. The predicted molar refractivity (Wildman–Crippen MR) is 124 cm³/mol. The van der Waals surface area contributed by atoms with E-state index in [-0.39, 0.29) is 5.56 Å². The fraction of sp³-hybridized carbons (Fsp3) is 0.185. The Kier molecular flexibility index (Phi) is 6.38. The molecule has 0 atom stereocenters. The summed E-state index contributed by atoms with van der Waals surface area (Å²) >= 11 is 0. The Bertz CT molecular complexity index is 1310. The van der Waals surface area contributed by atoms with Gasteiger partial charge < -0.3 is 14.0 Å². The van der Waals surface area contributed by atoms with Crippen LogP contribution < -0.4 is 0 Å². The lowest BCUT2D eigenvalue weighted by Crippen LogP contribution is -2.04. The minimum Gasteiger partial charge on any atom is -0.465 e. The minimum absolute atomic E-state index is 0.129. The summed E-state index contributed by atoms with van der Waals surface area (Å²) in [6, 6.07) is 18.3. The number of carbonyl (C=O) groups is 1. The van der Waals surface area contributed by atoms with Crippen LogP contribution in [0.3, 0.4) is 0 Å². The predicted octanol–water partition coefficient (Wildman–Crippen LogP) is 6.36. The summed E-state index contributed by atoms with van der Waals surface area (Å²) in [6.45, 7) is 4.52. The molecule has 0 aliphatic carbocycles. The van der Waals surface area contributed by atoms with Crippen molar-refractivity contribution in [2.75, 3.05) is 14.2 Å². The summed E-state index contributed by atoms with van der Waals surface area (Å²) in [5, 5.41) is 4.15. The molecule has 0 N–H and O–H groups in total. The van der Waals surface area contributed by atoms with E-state index in [0.29, 0.717) is 23.6 Å². The lowest BCUT2D eigenvalue weighted by atomic mass is 9.89. The van der Waals surface area contributed by atoms with Crippen molar-refractivity contribution in [1.82, 2.24) is 5.16 Å². The second-order valence-corrected chi connectivity index (χ2v) is 7.77. The molecule has 6 heteroatoms. The lowest BCUT2D eigenvalue weighted by Gasteiger charge is -2.17. The molecule has 0 radical (unpaired) electrons. The summed E-state index contributed by atoms with van der Waals surface area (Å²) in [7, 11) is 2.86. The quantitative estimate of drug-likeness (QED) is 0.323. The first-order chi connectivity index (χ1) is 15.9. The maximum Gasteiger partial charge on any atom is 0.340 e. The Morgan fingerprint density at radius 3 is 2.39 bits per heavy atom. The zero-order valence-electron chi connectivity index (χ0n) is 18.9. The number of halogens is 1. The van der Waals surface area contributed by atoms with E-state index in [1.165, 1.54) is 19.2 Å². The fourth-order valence-corrected chi connectivity index (χ4v) is 3.99. The van der Waals surface area contributed by atoms with Gasteiger partial charge in [0, 0.05) is 24.3 Å². The van der Waals surface area contributed by atoms with Gasteiger partial charge in [-0.15, -0.1) is 0 Å². The third kappa shape index (κ3) is 4.30. The Balaban J connectivity index is 1.78. The van der Waals surface area contributed by atoms with Crippen molar-refractivity contribution < 1.29 is 23.2 Å². The Labute approximate surface area is 191 Å². The monoisotopic (exact) mass is 445 g/mol. The standard InChI is InChI=1S/C27H24FNO4/c1-16-17(2)26(20(15-31-3)12-22(16)18-8-6-5-7-9-18)25-14-24(29-33-25)19-10-11-21(23(28)13-19)27(30)32-4/h5-14H,15H2,1-4H3. The van der Waals surface area contributed by atoms with E-state index >= 15 is 0 Å². The minimum atomic E-state index is -0.728. The van der Waals surface area contributed by atoms with Crippen molar-refractivity contribution in [3.63, 3.8) is 0 Å². The molecule has 0 amide bonds. The van der Waals surface area contributed by atoms with Gasteiger partial charge in [0.1, 0.15) is 11.5 Å². The number of benzene rings is 3. The van der Waals surface area contributed by atoms with E-state index in [2.05, 4.69) is 35.0 Å². The highest BCUT2D eigenvalue weighted by Crippen LogP contribution is 2.38. The van der Waals surface area contributed by atoms with E-state index in [1.54, 1.807) is 19.2 Å². The SMILES string of the molecule is COCc1cc(-c2ccccc2)c(C)c(C)c1-c1cc(-c2ccc(C(=O)OC)c(F)c2)no1. The normalized spacial score (nSPS) is 10.9. The molecule has 1 heterocycles. The molecular formula is C27H24FNO4. The zero-order valence-corrected chi connectivity index (χ0v) is 18.9. The average Bonchev–Trinajstić information content (AvgIpc) is 3.31. The molecule has 168 valence electrons. The zero-order chi connectivity index (χ0) is 23.5. The van der Waals surface area contributed by atoms with Crippen molar-refractivity contribution in [3.8, 4) is 33.7 Å². The second kappa shape index (κ2) is 9.38. The third-order valence-corrected chi connectivity index (χ3v) is 5.79. The maximum atomic E-state index is 14.4. The summed E-state index contributed by atoms with van der Waals surface area (Å²) < 4.78 is 30.2. The Morgan fingerprint density at radius 2 is 1.73 bits per heavy atom. The first-order valence-corrected chi connectivity index (χ1v) is 10.5. The van der Waals surface area contributed by atoms with Gasteiger partial charge in [-0.3, -0.25) is 0 Å². The Hall–Kier alpha value is -3.77. The van der Waals surface area contributed by atoms with E-state index in [0.717, 1.165) is 33.4 Å². The van der Waals surface area contributed by atoms with Gasteiger partial charge in [0.2, 0.25) is 0 Å². The van der Waals surface area contributed by atoms with Gasteiger partial charge in [0.25, 0.3) is 0 Å². The van der Waals surface area contributed by atoms with Crippen LogP contribution in [-0.2, 0) is 16.1 Å². The van der Waals surface area contributed by atoms with E-state index < -0.39 is 11.8 Å².